The van der Waals surface area contributed by atoms with Gasteiger partial charge >= 0.3 is 5.97 Å². The lowest BCUT2D eigenvalue weighted by Gasteiger charge is -2.04. The van der Waals surface area contributed by atoms with E-state index in [9.17, 15) is 9.59 Å². The van der Waals surface area contributed by atoms with Gasteiger partial charge in [-0.1, -0.05) is 6.42 Å². The molecule has 0 fully saturated rings. The zero-order valence-corrected chi connectivity index (χ0v) is 10.4. The maximum atomic E-state index is 11.4. The van der Waals surface area contributed by atoms with Crippen LogP contribution in [0, 0.1) is 0 Å². The number of nitrogens with one attached hydrogen (secondary N) is 1. The van der Waals surface area contributed by atoms with Gasteiger partial charge in [0, 0.05) is 19.4 Å². The van der Waals surface area contributed by atoms with Crippen LogP contribution in [-0.4, -0.2) is 23.5 Å². The second-order valence-electron chi connectivity index (χ2n) is 4.19. The van der Waals surface area contributed by atoms with Crippen molar-refractivity contribution < 1.29 is 19.1 Å². The van der Waals surface area contributed by atoms with Crippen molar-refractivity contribution in [2.45, 2.75) is 38.5 Å². The van der Waals surface area contributed by atoms with Crippen molar-refractivity contribution >= 4 is 11.9 Å². The third kappa shape index (κ3) is 6.73. The smallest absolute Gasteiger partial charge is 0.303 e. The minimum Gasteiger partial charge on any atom is -0.481 e. The number of hydrogen-bond donors (Lipinski definition) is 2. The Morgan fingerprint density at radius 1 is 1.22 bits per heavy atom. The SMILES string of the molecule is O=C(O)CCCCCNC(=O)CCc1ccoc1. The zero-order chi connectivity index (χ0) is 13.2. The maximum absolute atomic E-state index is 11.4. The first-order valence-electron chi connectivity index (χ1n) is 6.18. The van der Waals surface area contributed by atoms with Crippen molar-refractivity contribution in [2.24, 2.45) is 0 Å². The van der Waals surface area contributed by atoms with Crippen LogP contribution in [0.3, 0.4) is 0 Å². The van der Waals surface area contributed by atoms with Gasteiger partial charge in [0.25, 0.3) is 0 Å². The van der Waals surface area contributed by atoms with Crippen LogP contribution in [0.4, 0.5) is 0 Å². The molecule has 1 aromatic heterocycles. The van der Waals surface area contributed by atoms with Crippen molar-refractivity contribution in [2.75, 3.05) is 6.54 Å². The molecule has 0 aliphatic rings. The number of carboxylic acid groups (broad SMARTS) is 1. The van der Waals surface area contributed by atoms with Gasteiger partial charge in [-0.15, -0.1) is 0 Å². The second kappa shape index (κ2) is 8.33. The molecular weight excluding hydrogens is 234 g/mol. The van der Waals surface area contributed by atoms with Crippen LogP contribution < -0.4 is 5.32 Å². The standard InChI is InChI=1S/C13H19NO4/c15-12(6-5-11-7-9-18-10-11)14-8-3-1-2-4-13(16)17/h7,9-10H,1-6,8H2,(H,14,15)(H,16,17). The predicted molar refractivity (Wildman–Crippen MR) is 66.1 cm³/mol. The Kier molecular flexibility index (Phi) is 6.61. The third-order valence-electron chi connectivity index (χ3n) is 2.61. The summed E-state index contributed by atoms with van der Waals surface area (Å²) in [5.41, 5.74) is 1.02. The van der Waals surface area contributed by atoms with Gasteiger partial charge in [0.15, 0.2) is 0 Å². The van der Waals surface area contributed by atoms with E-state index in [1.54, 1.807) is 12.5 Å². The molecule has 0 spiro atoms. The molecule has 18 heavy (non-hydrogen) atoms. The Hall–Kier alpha value is -1.78. The van der Waals surface area contributed by atoms with Gasteiger partial charge in [0.2, 0.25) is 5.91 Å². The monoisotopic (exact) mass is 253 g/mol. The summed E-state index contributed by atoms with van der Waals surface area (Å²) in [5.74, 6) is -0.742. The fourth-order valence-corrected chi connectivity index (χ4v) is 1.59. The van der Waals surface area contributed by atoms with Gasteiger partial charge in [-0.25, -0.2) is 0 Å². The van der Waals surface area contributed by atoms with Crippen LogP contribution in [0.2, 0.25) is 0 Å². The molecule has 0 unspecified atom stereocenters. The fraction of sp³-hybridized carbons (Fsp3) is 0.538. The third-order valence-corrected chi connectivity index (χ3v) is 2.61. The summed E-state index contributed by atoms with van der Waals surface area (Å²) in [6.45, 7) is 0.615. The largest absolute Gasteiger partial charge is 0.481 e. The molecule has 2 N–H and O–H groups in total. The van der Waals surface area contributed by atoms with E-state index >= 15 is 0 Å². The predicted octanol–water partition coefficient (Wildman–Crippen LogP) is 1.97. The molecule has 1 rings (SSSR count). The van der Waals surface area contributed by atoms with Gasteiger partial charge in [-0.2, -0.15) is 0 Å². The highest BCUT2D eigenvalue weighted by Gasteiger charge is 2.02. The molecule has 1 heterocycles. The van der Waals surface area contributed by atoms with Crippen molar-refractivity contribution in [3.05, 3.63) is 24.2 Å². The number of unbranched alkanes of at least 4 members (excludes halogenated alkanes) is 2. The van der Waals surface area contributed by atoms with E-state index in [1.165, 1.54) is 0 Å². The number of rotatable bonds is 9. The summed E-state index contributed by atoms with van der Waals surface area (Å²) in [7, 11) is 0. The average molecular weight is 253 g/mol. The summed E-state index contributed by atoms with van der Waals surface area (Å²) in [5, 5.41) is 11.3. The van der Waals surface area contributed by atoms with Crippen LogP contribution in [-0.2, 0) is 16.0 Å². The lowest BCUT2D eigenvalue weighted by molar-refractivity contribution is -0.137. The molecular formula is C13H19NO4. The number of amides is 1. The molecule has 0 atom stereocenters. The Bertz CT molecular complexity index is 359. The first kappa shape index (κ1) is 14.3. The number of carboxylic acids is 1. The number of carbonyl (C=O) groups is 2. The van der Waals surface area contributed by atoms with E-state index in [1.807, 2.05) is 6.07 Å². The Labute approximate surface area is 106 Å². The average Bonchev–Trinajstić information content (AvgIpc) is 2.83. The highest BCUT2D eigenvalue weighted by molar-refractivity contribution is 5.76. The van der Waals surface area contributed by atoms with Crippen molar-refractivity contribution in [1.82, 2.24) is 5.32 Å². The molecule has 0 bridgehead atoms. The Balaban J connectivity index is 1.95. The van der Waals surface area contributed by atoms with Crippen molar-refractivity contribution in [3.8, 4) is 0 Å². The van der Waals surface area contributed by atoms with Gasteiger partial charge in [-0.05, 0) is 30.9 Å². The van der Waals surface area contributed by atoms with Crippen LogP contribution >= 0.6 is 0 Å². The molecule has 1 aromatic rings. The van der Waals surface area contributed by atoms with Crippen LogP contribution in [0.15, 0.2) is 23.0 Å². The Morgan fingerprint density at radius 3 is 2.72 bits per heavy atom. The molecule has 0 saturated carbocycles. The highest BCUT2D eigenvalue weighted by atomic mass is 16.4. The van der Waals surface area contributed by atoms with E-state index in [0.29, 0.717) is 25.8 Å². The molecule has 0 aliphatic heterocycles. The van der Waals surface area contributed by atoms with Gasteiger partial charge in [0.05, 0.1) is 12.5 Å². The first-order valence-corrected chi connectivity index (χ1v) is 6.18. The fourth-order valence-electron chi connectivity index (χ4n) is 1.59. The second-order valence-corrected chi connectivity index (χ2v) is 4.19. The minimum atomic E-state index is -0.765. The molecule has 0 radical (unpaired) electrons. The normalized spacial score (nSPS) is 10.2. The van der Waals surface area contributed by atoms with E-state index in [4.69, 9.17) is 9.52 Å². The van der Waals surface area contributed by atoms with E-state index < -0.39 is 5.97 Å². The molecule has 0 saturated heterocycles. The first-order chi connectivity index (χ1) is 8.68. The number of furan rings is 1. The van der Waals surface area contributed by atoms with Gasteiger partial charge < -0.3 is 14.8 Å². The lowest BCUT2D eigenvalue weighted by atomic mass is 10.1. The van der Waals surface area contributed by atoms with Crippen LogP contribution in [0.5, 0.6) is 0 Å². The molecule has 0 aliphatic carbocycles. The number of aliphatic carboxylic acids is 1. The maximum Gasteiger partial charge on any atom is 0.303 e. The van der Waals surface area contributed by atoms with Crippen LogP contribution in [0.1, 0.15) is 37.7 Å². The quantitative estimate of drug-likeness (QED) is 0.659. The molecule has 5 heteroatoms. The molecule has 1 amide bonds. The summed E-state index contributed by atoms with van der Waals surface area (Å²) < 4.78 is 4.91. The molecule has 100 valence electrons. The van der Waals surface area contributed by atoms with Crippen molar-refractivity contribution in [3.63, 3.8) is 0 Å². The minimum absolute atomic E-state index is 0.0226. The number of hydrogen-bond acceptors (Lipinski definition) is 3. The lowest BCUT2D eigenvalue weighted by Crippen LogP contribution is -2.24. The number of carbonyl (C=O) groups excluding carboxylic acids is 1. The highest BCUT2D eigenvalue weighted by Crippen LogP contribution is 2.03. The van der Waals surface area contributed by atoms with Crippen molar-refractivity contribution in [1.29, 1.82) is 0 Å². The Morgan fingerprint density at radius 2 is 2.06 bits per heavy atom. The van der Waals surface area contributed by atoms with Gasteiger partial charge in [-0.3, -0.25) is 9.59 Å². The summed E-state index contributed by atoms with van der Waals surface area (Å²) >= 11 is 0. The topological polar surface area (TPSA) is 79.5 Å². The van der Waals surface area contributed by atoms with Gasteiger partial charge in [0.1, 0.15) is 0 Å². The molecule has 5 nitrogen and oxygen atoms in total. The molecule has 0 aromatic carbocycles. The van der Waals surface area contributed by atoms with Crippen LogP contribution in [0.25, 0.3) is 0 Å². The van der Waals surface area contributed by atoms with E-state index in [0.717, 1.165) is 18.4 Å². The summed E-state index contributed by atoms with van der Waals surface area (Å²) in [6.07, 6.45) is 6.89. The van der Waals surface area contributed by atoms with E-state index in [2.05, 4.69) is 5.32 Å². The summed E-state index contributed by atoms with van der Waals surface area (Å²) in [4.78, 5) is 21.7. The number of aryl methyl sites for hydroxylation is 1. The zero-order valence-electron chi connectivity index (χ0n) is 10.4. The summed E-state index contributed by atoms with van der Waals surface area (Å²) in [6, 6.07) is 1.85. The van der Waals surface area contributed by atoms with E-state index in [-0.39, 0.29) is 12.3 Å².